The maximum atomic E-state index is 10.9. The third-order valence-electron chi connectivity index (χ3n) is 1.90. The number of carbonyl (C=O) groups excluding carboxylic acids is 1. The molecule has 0 radical (unpaired) electrons. The molecule has 56 valence electrons. The second-order valence-electron chi connectivity index (χ2n) is 2.51. The number of likely N-dealkylation sites (N-methyl/N-ethyl adjacent to an activating group) is 1. The predicted octanol–water partition coefficient (Wildman–Crippen LogP) is 0.655. The Labute approximate surface area is 60.7 Å². The standard InChI is InChI=1S/C7H12N2O/c1-4-6-8-7(10)5(2)9(6)3/h5H,4H2,1-3H3. The van der Waals surface area contributed by atoms with Gasteiger partial charge in [-0.3, -0.25) is 4.79 Å². The van der Waals surface area contributed by atoms with E-state index in [1.54, 1.807) is 0 Å². The fourth-order valence-electron chi connectivity index (χ4n) is 1.02. The predicted molar refractivity (Wildman–Crippen MR) is 40.0 cm³/mol. The Hall–Kier alpha value is -0.860. The van der Waals surface area contributed by atoms with Crippen molar-refractivity contribution < 1.29 is 4.79 Å². The summed E-state index contributed by atoms with van der Waals surface area (Å²) in [7, 11) is 1.90. The van der Waals surface area contributed by atoms with Crippen LogP contribution < -0.4 is 0 Å². The van der Waals surface area contributed by atoms with Gasteiger partial charge in [0.2, 0.25) is 0 Å². The van der Waals surface area contributed by atoms with Gasteiger partial charge in [-0.1, -0.05) is 6.92 Å². The highest BCUT2D eigenvalue weighted by atomic mass is 16.2. The highest BCUT2D eigenvalue weighted by Gasteiger charge is 2.26. The zero-order valence-corrected chi connectivity index (χ0v) is 6.59. The van der Waals surface area contributed by atoms with Crippen LogP contribution in [0.15, 0.2) is 4.99 Å². The lowest BCUT2D eigenvalue weighted by molar-refractivity contribution is -0.119. The molecule has 0 aromatic rings. The molecule has 0 aromatic carbocycles. The number of amides is 1. The maximum Gasteiger partial charge on any atom is 0.269 e. The van der Waals surface area contributed by atoms with E-state index in [1.807, 2.05) is 25.8 Å². The van der Waals surface area contributed by atoms with Gasteiger partial charge < -0.3 is 4.90 Å². The van der Waals surface area contributed by atoms with Crippen LogP contribution in [0.25, 0.3) is 0 Å². The first-order valence-electron chi connectivity index (χ1n) is 3.51. The largest absolute Gasteiger partial charge is 0.351 e. The Balaban J connectivity index is 2.78. The molecule has 0 aliphatic carbocycles. The highest BCUT2D eigenvalue weighted by molar-refractivity contribution is 6.03. The summed E-state index contributed by atoms with van der Waals surface area (Å²) >= 11 is 0. The van der Waals surface area contributed by atoms with E-state index in [-0.39, 0.29) is 11.9 Å². The summed E-state index contributed by atoms with van der Waals surface area (Å²) in [4.78, 5) is 16.7. The molecule has 1 unspecified atom stereocenters. The molecule has 1 aliphatic heterocycles. The SMILES string of the molecule is CCC1=NC(=O)C(C)N1C. The second-order valence-corrected chi connectivity index (χ2v) is 2.51. The molecule has 0 fully saturated rings. The first-order valence-corrected chi connectivity index (χ1v) is 3.51. The molecule has 3 heteroatoms. The van der Waals surface area contributed by atoms with Crippen molar-refractivity contribution in [2.45, 2.75) is 26.3 Å². The van der Waals surface area contributed by atoms with Gasteiger partial charge in [-0.05, 0) is 6.92 Å². The molecular weight excluding hydrogens is 128 g/mol. The maximum absolute atomic E-state index is 10.9. The minimum atomic E-state index is -0.0463. The molecule has 1 rings (SSSR count). The van der Waals surface area contributed by atoms with Crippen molar-refractivity contribution in [2.24, 2.45) is 4.99 Å². The summed E-state index contributed by atoms with van der Waals surface area (Å²) in [5, 5.41) is 0. The number of aliphatic imine (C=N–C) groups is 1. The lowest BCUT2D eigenvalue weighted by Gasteiger charge is -2.16. The molecule has 0 N–H and O–H groups in total. The van der Waals surface area contributed by atoms with Gasteiger partial charge in [0, 0.05) is 13.5 Å². The van der Waals surface area contributed by atoms with Crippen LogP contribution in [-0.2, 0) is 4.79 Å². The van der Waals surface area contributed by atoms with E-state index in [0.29, 0.717) is 0 Å². The molecule has 0 saturated carbocycles. The first kappa shape index (κ1) is 7.25. The van der Waals surface area contributed by atoms with Crippen molar-refractivity contribution in [1.29, 1.82) is 0 Å². The van der Waals surface area contributed by atoms with Gasteiger partial charge in [0.1, 0.15) is 11.9 Å². The molecule has 0 bridgehead atoms. The Kier molecular flexibility index (Phi) is 1.74. The summed E-state index contributed by atoms with van der Waals surface area (Å²) in [5.74, 6) is 0.886. The fraction of sp³-hybridized carbons (Fsp3) is 0.714. The normalized spacial score (nSPS) is 25.5. The van der Waals surface area contributed by atoms with Crippen LogP contribution in [0.3, 0.4) is 0 Å². The number of carbonyl (C=O) groups is 1. The molecule has 1 aliphatic rings. The average molecular weight is 140 g/mol. The Morgan fingerprint density at radius 1 is 1.70 bits per heavy atom. The van der Waals surface area contributed by atoms with Crippen molar-refractivity contribution >= 4 is 11.7 Å². The Morgan fingerprint density at radius 3 is 2.50 bits per heavy atom. The lowest BCUT2D eigenvalue weighted by atomic mass is 10.3. The summed E-state index contributed by atoms with van der Waals surface area (Å²) < 4.78 is 0. The Bertz CT molecular complexity index is 186. The zero-order chi connectivity index (χ0) is 7.72. The lowest BCUT2D eigenvalue weighted by Crippen LogP contribution is -2.31. The van der Waals surface area contributed by atoms with E-state index in [2.05, 4.69) is 4.99 Å². The molecule has 0 saturated heterocycles. The Morgan fingerprint density at radius 2 is 2.30 bits per heavy atom. The van der Waals surface area contributed by atoms with E-state index in [1.165, 1.54) is 0 Å². The van der Waals surface area contributed by atoms with Crippen molar-refractivity contribution in [2.75, 3.05) is 7.05 Å². The number of amidine groups is 1. The van der Waals surface area contributed by atoms with Crippen LogP contribution >= 0.6 is 0 Å². The summed E-state index contributed by atoms with van der Waals surface area (Å²) in [5.41, 5.74) is 0. The van der Waals surface area contributed by atoms with Crippen molar-refractivity contribution in [1.82, 2.24) is 4.90 Å². The molecular formula is C7H12N2O. The summed E-state index contributed by atoms with van der Waals surface area (Å²) in [6.07, 6.45) is 0.840. The van der Waals surface area contributed by atoms with Crippen LogP contribution in [-0.4, -0.2) is 29.7 Å². The smallest absolute Gasteiger partial charge is 0.269 e. The van der Waals surface area contributed by atoms with E-state index in [4.69, 9.17) is 0 Å². The first-order chi connectivity index (χ1) is 4.66. The molecule has 1 heterocycles. The topological polar surface area (TPSA) is 32.7 Å². The molecule has 1 amide bonds. The quantitative estimate of drug-likeness (QED) is 0.536. The number of nitrogens with zero attached hydrogens (tertiary/aromatic N) is 2. The van der Waals surface area contributed by atoms with E-state index < -0.39 is 0 Å². The van der Waals surface area contributed by atoms with Gasteiger partial charge in [0.15, 0.2) is 0 Å². The van der Waals surface area contributed by atoms with Gasteiger partial charge in [0.05, 0.1) is 0 Å². The van der Waals surface area contributed by atoms with Gasteiger partial charge in [0.25, 0.3) is 5.91 Å². The zero-order valence-electron chi connectivity index (χ0n) is 6.59. The van der Waals surface area contributed by atoms with Gasteiger partial charge in [-0.15, -0.1) is 0 Å². The fourth-order valence-corrected chi connectivity index (χ4v) is 1.02. The number of rotatable bonds is 1. The minimum absolute atomic E-state index is 0.0145. The van der Waals surface area contributed by atoms with E-state index in [9.17, 15) is 4.79 Å². The highest BCUT2D eigenvalue weighted by Crippen LogP contribution is 2.10. The second kappa shape index (κ2) is 2.40. The van der Waals surface area contributed by atoms with E-state index in [0.717, 1.165) is 12.3 Å². The van der Waals surface area contributed by atoms with Gasteiger partial charge in [-0.25, -0.2) is 0 Å². The molecule has 0 aromatic heterocycles. The molecule has 10 heavy (non-hydrogen) atoms. The van der Waals surface area contributed by atoms with Crippen LogP contribution in [0.2, 0.25) is 0 Å². The van der Waals surface area contributed by atoms with Crippen LogP contribution in [0.5, 0.6) is 0 Å². The van der Waals surface area contributed by atoms with Crippen LogP contribution in [0.4, 0.5) is 0 Å². The molecule has 0 spiro atoms. The van der Waals surface area contributed by atoms with E-state index >= 15 is 0 Å². The number of hydrogen-bond acceptors (Lipinski definition) is 2. The van der Waals surface area contributed by atoms with Gasteiger partial charge >= 0.3 is 0 Å². The molecule has 1 atom stereocenters. The summed E-state index contributed by atoms with van der Waals surface area (Å²) in [6.45, 7) is 3.87. The van der Waals surface area contributed by atoms with Crippen molar-refractivity contribution in [3.05, 3.63) is 0 Å². The monoisotopic (exact) mass is 140 g/mol. The van der Waals surface area contributed by atoms with Crippen LogP contribution in [0, 0.1) is 0 Å². The van der Waals surface area contributed by atoms with Crippen molar-refractivity contribution in [3.63, 3.8) is 0 Å². The minimum Gasteiger partial charge on any atom is -0.351 e. The third kappa shape index (κ3) is 0.916. The number of hydrogen-bond donors (Lipinski definition) is 0. The summed E-state index contributed by atoms with van der Waals surface area (Å²) in [6, 6.07) is -0.0463. The average Bonchev–Trinajstić information content (AvgIpc) is 2.17. The van der Waals surface area contributed by atoms with Gasteiger partial charge in [-0.2, -0.15) is 4.99 Å². The third-order valence-corrected chi connectivity index (χ3v) is 1.90. The molecule has 3 nitrogen and oxygen atoms in total. The van der Waals surface area contributed by atoms with Crippen molar-refractivity contribution in [3.8, 4) is 0 Å². The van der Waals surface area contributed by atoms with Crippen LogP contribution in [0.1, 0.15) is 20.3 Å².